The number of benzene rings is 2. The summed E-state index contributed by atoms with van der Waals surface area (Å²) in [4.78, 5) is 31.0. The number of H-pyrrole nitrogens is 1. The van der Waals surface area contributed by atoms with Crippen LogP contribution >= 0.6 is 0 Å². The van der Waals surface area contributed by atoms with Crippen molar-refractivity contribution in [3.63, 3.8) is 0 Å². The molecule has 0 unspecified atom stereocenters. The Morgan fingerprint density at radius 2 is 2.00 bits per heavy atom. The van der Waals surface area contributed by atoms with Gasteiger partial charge in [0.05, 0.1) is 23.8 Å². The largest absolute Gasteiger partial charge is 0.496 e. The second kappa shape index (κ2) is 10.3. The molecular weight excluding hydrogens is 430 g/mol. The van der Waals surface area contributed by atoms with Crippen molar-refractivity contribution in [3.8, 4) is 5.75 Å². The number of fused-ring (bicyclic) bond motifs is 1. The SMILES string of the molecule is COc1cc(NC(=O)[C@H]2CC[C@@H](n3c(=O)[nH]c4c(N(C)CCCN)cccc43)CC2)ccc1C. The quantitative estimate of drug-likeness (QED) is 0.469. The molecule has 1 aliphatic carbocycles. The molecule has 1 fully saturated rings. The van der Waals surface area contributed by atoms with Gasteiger partial charge in [-0.25, -0.2) is 4.79 Å². The molecule has 0 bridgehead atoms. The van der Waals surface area contributed by atoms with Crippen LogP contribution in [0.1, 0.15) is 43.7 Å². The predicted octanol–water partition coefficient (Wildman–Crippen LogP) is 3.80. The highest BCUT2D eigenvalue weighted by atomic mass is 16.5. The molecule has 0 saturated heterocycles. The average Bonchev–Trinajstić information content (AvgIpc) is 3.19. The highest BCUT2D eigenvalue weighted by Gasteiger charge is 2.29. The van der Waals surface area contributed by atoms with Crippen molar-refractivity contribution in [3.05, 3.63) is 52.4 Å². The lowest BCUT2D eigenvalue weighted by atomic mass is 9.85. The number of nitrogens with two attached hydrogens (primary N) is 1. The van der Waals surface area contributed by atoms with Crippen LogP contribution in [0.15, 0.2) is 41.2 Å². The van der Waals surface area contributed by atoms with E-state index in [0.29, 0.717) is 6.54 Å². The number of imidazole rings is 1. The molecule has 0 radical (unpaired) electrons. The summed E-state index contributed by atoms with van der Waals surface area (Å²) in [5.41, 5.74) is 10.1. The first-order chi connectivity index (χ1) is 16.4. The van der Waals surface area contributed by atoms with E-state index < -0.39 is 0 Å². The highest BCUT2D eigenvalue weighted by molar-refractivity contribution is 5.93. The average molecular weight is 466 g/mol. The van der Waals surface area contributed by atoms with Gasteiger partial charge in [0.15, 0.2) is 0 Å². The number of methoxy groups -OCH3 is 1. The second-order valence-electron chi connectivity index (χ2n) is 9.21. The molecule has 1 heterocycles. The Balaban J connectivity index is 1.46. The Labute approximate surface area is 200 Å². The van der Waals surface area contributed by atoms with Crippen molar-refractivity contribution in [2.45, 2.75) is 45.1 Å². The van der Waals surface area contributed by atoms with Crippen LogP contribution in [0.25, 0.3) is 11.0 Å². The summed E-state index contributed by atoms with van der Waals surface area (Å²) < 4.78 is 7.25. The molecule has 3 aromatic rings. The number of hydrogen-bond donors (Lipinski definition) is 3. The van der Waals surface area contributed by atoms with Crippen molar-refractivity contribution in [1.29, 1.82) is 0 Å². The molecule has 182 valence electrons. The van der Waals surface area contributed by atoms with E-state index in [2.05, 4.69) is 15.2 Å². The lowest BCUT2D eigenvalue weighted by Gasteiger charge is -2.28. The van der Waals surface area contributed by atoms with Crippen LogP contribution in [0.5, 0.6) is 5.75 Å². The lowest BCUT2D eigenvalue weighted by Crippen LogP contribution is -2.31. The fourth-order valence-corrected chi connectivity index (χ4v) is 5.00. The molecule has 1 aliphatic rings. The van der Waals surface area contributed by atoms with Crippen molar-refractivity contribution in [2.75, 3.05) is 37.5 Å². The number of carbonyl (C=O) groups excluding carboxylic acids is 1. The number of nitrogens with one attached hydrogen (secondary N) is 2. The number of aromatic nitrogens is 2. The molecule has 1 aromatic heterocycles. The Morgan fingerprint density at radius 1 is 1.24 bits per heavy atom. The maximum atomic E-state index is 12.9. The Hall–Kier alpha value is -3.26. The molecule has 0 atom stereocenters. The van der Waals surface area contributed by atoms with Gasteiger partial charge >= 0.3 is 5.69 Å². The van der Waals surface area contributed by atoms with E-state index in [4.69, 9.17) is 10.5 Å². The number of hydrogen-bond acceptors (Lipinski definition) is 5. The van der Waals surface area contributed by atoms with Gasteiger partial charge in [-0.05, 0) is 69.3 Å². The van der Waals surface area contributed by atoms with E-state index in [1.165, 1.54) is 0 Å². The molecule has 8 nitrogen and oxygen atoms in total. The van der Waals surface area contributed by atoms with Gasteiger partial charge in [0, 0.05) is 37.3 Å². The number of rotatable bonds is 8. The van der Waals surface area contributed by atoms with E-state index in [0.717, 1.165) is 72.4 Å². The van der Waals surface area contributed by atoms with E-state index >= 15 is 0 Å². The number of aryl methyl sites for hydroxylation is 1. The van der Waals surface area contributed by atoms with Gasteiger partial charge < -0.3 is 25.7 Å². The Morgan fingerprint density at radius 3 is 2.71 bits per heavy atom. The van der Waals surface area contributed by atoms with Gasteiger partial charge in [-0.15, -0.1) is 0 Å². The van der Waals surface area contributed by atoms with Gasteiger partial charge in [-0.2, -0.15) is 0 Å². The van der Waals surface area contributed by atoms with Crippen LogP contribution in [0.4, 0.5) is 11.4 Å². The normalized spacial score (nSPS) is 18.1. The molecule has 1 saturated carbocycles. The number of amides is 1. The third-order valence-electron chi connectivity index (χ3n) is 6.95. The van der Waals surface area contributed by atoms with Crippen LogP contribution in [0.2, 0.25) is 0 Å². The van der Waals surface area contributed by atoms with Gasteiger partial charge in [0.2, 0.25) is 5.91 Å². The third kappa shape index (κ3) is 4.82. The number of nitrogens with zero attached hydrogens (tertiary/aromatic N) is 2. The van der Waals surface area contributed by atoms with Crippen LogP contribution < -0.4 is 26.4 Å². The summed E-state index contributed by atoms with van der Waals surface area (Å²) >= 11 is 0. The van der Waals surface area contributed by atoms with Gasteiger partial charge in [0.25, 0.3) is 0 Å². The summed E-state index contributed by atoms with van der Waals surface area (Å²) in [6, 6.07) is 11.8. The smallest absolute Gasteiger partial charge is 0.326 e. The fourth-order valence-electron chi connectivity index (χ4n) is 5.00. The predicted molar refractivity (Wildman–Crippen MR) is 137 cm³/mol. The van der Waals surface area contributed by atoms with E-state index in [9.17, 15) is 9.59 Å². The Bertz CT molecular complexity index is 1210. The summed E-state index contributed by atoms with van der Waals surface area (Å²) in [5, 5.41) is 3.03. The molecule has 0 spiro atoms. The zero-order chi connectivity index (χ0) is 24.2. The molecule has 4 N–H and O–H groups in total. The third-order valence-corrected chi connectivity index (χ3v) is 6.95. The van der Waals surface area contributed by atoms with Crippen LogP contribution in [-0.4, -0.2) is 42.7 Å². The fraction of sp³-hybridized carbons (Fsp3) is 0.462. The maximum Gasteiger partial charge on any atom is 0.326 e. The molecule has 4 rings (SSSR count). The molecular formula is C26H35N5O3. The summed E-state index contributed by atoms with van der Waals surface area (Å²) in [6.07, 6.45) is 3.95. The van der Waals surface area contributed by atoms with Crippen molar-refractivity contribution < 1.29 is 9.53 Å². The van der Waals surface area contributed by atoms with Crippen LogP contribution in [-0.2, 0) is 4.79 Å². The monoisotopic (exact) mass is 465 g/mol. The number of ether oxygens (including phenoxy) is 1. The topological polar surface area (TPSA) is 105 Å². The minimum absolute atomic E-state index is 0.0273. The van der Waals surface area contributed by atoms with Crippen LogP contribution in [0, 0.1) is 12.8 Å². The zero-order valence-electron chi connectivity index (χ0n) is 20.3. The standard InChI is InChI=1S/C26H35N5O3/c1-17-8-11-19(16-23(17)34-3)28-25(32)18-9-12-20(13-10-18)31-22-7-4-6-21(24(22)29-26(31)33)30(2)15-5-14-27/h4,6-8,11,16,18,20H,5,9-10,12-15,27H2,1-3H3,(H,28,32)(H,29,33)/t18-,20+. The van der Waals surface area contributed by atoms with E-state index in [1.54, 1.807) is 7.11 Å². The number of carbonyl (C=O) groups is 1. The molecule has 0 aliphatic heterocycles. The number of aromatic amines is 1. The maximum absolute atomic E-state index is 12.9. The molecule has 34 heavy (non-hydrogen) atoms. The summed E-state index contributed by atoms with van der Waals surface area (Å²) in [6.45, 7) is 3.43. The van der Waals surface area contributed by atoms with Crippen molar-refractivity contribution in [1.82, 2.24) is 9.55 Å². The van der Waals surface area contributed by atoms with Crippen molar-refractivity contribution >= 4 is 28.3 Å². The summed E-state index contributed by atoms with van der Waals surface area (Å²) in [5.74, 6) is 0.718. The van der Waals surface area contributed by atoms with E-state index in [1.807, 2.05) is 54.9 Å². The molecule has 2 aromatic carbocycles. The first kappa shape index (κ1) is 23.9. The zero-order valence-corrected chi connectivity index (χ0v) is 20.3. The van der Waals surface area contributed by atoms with Gasteiger partial charge in [-0.3, -0.25) is 9.36 Å². The highest BCUT2D eigenvalue weighted by Crippen LogP contribution is 2.35. The van der Waals surface area contributed by atoms with Gasteiger partial charge in [-0.1, -0.05) is 12.1 Å². The first-order valence-corrected chi connectivity index (χ1v) is 12.0. The molecule has 1 amide bonds. The Kier molecular flexibility index (Phi) is 7.26. The minimum Gasteiger partial charge on any atom is -0.496 e. The van der Waals surface area contributed by atoms with Crippen LogP contribution in [0.3, 0.4) is 0 Å². The van der Waals surface area contributed by atoms with Crippen molar-refractivity contribution in [2.24, 2.45) is 11.7 Å². The number of para-hydroxylation sites is 1. The summed E-state index contributed by atoms with van der Waals surface area (Å²) in [7, 11) is 3.65. The van der Waals surface area contributed by atoms with E-state index in [-0.39, 0.29) is 23.6 Å². The van der Waals surface area contributed by atoms with Gasteiger partial charge in [0.1, 0.15) is 5.75 Å². The second-order valence-corrected chi connectivity index (χ2v) is 9.21. The first-order valence-electron chi connectivity index (χ1n) is 12.0. The minimum atomic E-state index is -0.0886. The molecule has 8 heteroatoms. The number of anilines is 2. The lowest BCUT2D eigenvalue weighted by molar-refractivity contribution is -0.121.